The molecule has 2 aromatic heterocycles. The Bertz CT molecular complexity index is 1870. The van der Waals surface area contributed by atoms with Crippen LogP contribution in [0.2, 0.25) is 0 Å². The van der Waals surface area contributed by atoms with Crippen LogP contribution in [-0.4, -0.2) is 55.6 Å². The number of benzene rings is 2. The summed E-state index contributed by atoms with van der Waals surface area (Å²) in [6.07, 6.45) is 3.67. The van der Waals surface area contributed by atoms with Crippen molar-refractivity contribution < 1.29 is 9.85 Å². The summed E-state index contributed by atoms with van der Waals surface area (Å²) in [6.45, 7) is 14.5. The molecule has 1 fully saturated rings. The van der Waals surface area contributed by atoms with Crippen LogP contribution in [0.1, 0.15) is 52.7 Å². The molecule has 3 heterocycles. The summed E-state index contributed by atoms with van der Waals surface area (Å²) < 4.78 is 3.35. The first-order chi connectivity index (χ1) is 22.5. The Morgan fingerprint density at radius 2 is 1.00 bits per heavy atom. The maximum absolute atomic E-state index is 11.8. The molecule has 2 aromatic carbocycles. The van der Waals surface area contributed by atoms with Gasteiger partial charge >= 0.3 is 0 Å². The lowest BCUT2D eigenvalue weighted by Gasteiger charge is -2.38. The Kier molecular flexibility index (Phi) is 9.05. The highest BCUT2D eigenvalue weighted by atomic mass is 16.6. The second-order valence-corrected chi connectivity index (χ2v) is 14.0. The molecule has 12 nitrogen and oxygen atoms in total. The van der Waals surface area contributed by atoms with Gasteiger partial charge in [0.15, 0.2) is 0 Å². The molecule has 1 aliphatic heterocycles. The average Bonchev–Trinajstić information content (AvgIpc) is 3.59. The summed E-state index contributed by atoms with van der Waals surface area (Å²) in [7, 11) is 3.62. The standard InChI is InChI=1S/C36H40N8O4/c1-35(2,3)15-13-25-23-39(7)37-33(25)29-21-27(43(45)46)9-11-31(29)41-17-19-42(20-18-41)32-12-10-28(44(47)48)22-30(32)34-26(24-40(8)38-34)14-16-36(4,5)6/h9-12,21-24H,17-20H2,1-8H3. The molecule has 0 amide bonds. The summed E-state index contributed by atoms with van der Waals surface area (Å²) in [4.78, 5) is 27.2. The zero-order valence-corrected chi connectivity index (χ0v) is 28.7. The number of hydrogen-bond acceptors (Lipinski definition) is 8. The Hall–Kier alpha value is -5.62. The Balaban J connectivity index is 1.51. The summed E-state index contributed by atoms with van der Waals surface area (Å²) in [6, 6.07) is 9.74. The maximum atomic E-state index is 11.8. The number of nitro groups is 2. The van der Waals surface area contributed by atoms with E-state index >= 15 is 0 Å². The first kappa shape index (κ1) is 33.7. The molecule has 1 aliphatic rings. The monoisotopic (exact) mass is 648 g/mol. The van der Waals surface area contributed by atoms with Crippen molar-refractivity contribution in [2.75, 3.05) is 36.0 Å². The van der Waals surface area contributed by atoms with Crippen molar-refractivity contribution >= 4 is 22.7 Å². The molecule has 0 N–H and O–H groups in total. The van der Waals surface area contributed by atoms with Crippen molar-refractivity contribution in [3.05, 3.63) is 80.1 Å². The molecule has 1 saturated heterocycles. The summed E-state index contributed by atoms with van der Waals surface area (Å²) in [5.41, 5.74) is 4.99. The number of aromatic nitrogens is 4. The van der Waals surface area contributed by atoms with E-state index < -0.39 is 9.85 Å². The lowest BCUT2D eigenvalue weighted by atomic mass is 9.96. The quantitative estimate of drug-likeness (QED) is 0.133. The molecule has 0 bridgehead atoms. The van der Waals surface area contributed by atoms with Gasteiger partial charge in [-0.25, -0.2) is 0 Å². The highest BCUT2D eigenvalue weighted by Gasteiger charge is 2.27. The molecule has 0 unspecified atom stereocenters. The van der Waals surface area contributed by atoms with Crippen molar-refractivity contribution in [2.24, 2.45) is 24.9 Å². The maximum Gasteiger partial charge on any atom is 0.270 e. The van der Waals surface area contributed by atoms with Gasteiger partial charge in [0, 0.05) is 110 Å². The number of nitro benzene ring substituents is 2. The Morgan fingerprint density at radius 1 is 0.646 bits per heavy atom. The van der Waals surface area contributed by atoms with Gasteiger partial charge in [-0.2, -0.15) is 10.2 Å². The van der Waals surface area contributed by atoms with Crippen molar-refractivity contribution in [1.29, 1.82) is 0 Å². The third-order valence-corrected chi connectivity index (χ3v) is 7.66. The minimum Gasteiger partial charge on any atom is -0.367 e. The lowest BCUT2D eigenvalue weighted by Crippen LogP contribution is -2.46. The van der Waals surface area contributed by atoms with Crippen LogP contribution in [0.5, 0.6) is 0 Å². The van der Waals surface area contributed by atoms with Crippen LogP contribution < -0.4 is 9.80 Å². The van der Waals surface area contributed by atoms with Crippen LogP contribution >= 0.6 is 0 Å². The zero-order valence-electron chi connectivity index (χ0n) is 28.7. The molecule has 0 atom stereocenters. The van der Waals surface area contributed by atoms with E-state index in [0.29, 0.717) is 59.8 Å². The molecule has 48 heavy (non-hydrogen) atoms. The second kappa shape index (κ2) is 12.9. The first-order valence-corrected chi connectivity index (χ1v) is 15.7. The normalized spacial score (nSPS) is 13.4. The van der Waals surface area contributed by atoms with Crippen LogP contribution in [-0.2, 0) is 14.1 Å². The van der Waals surface area contributed by atoms with E-state index in [9.17, 15) is 20.2 Å². The second-order valence-electron chi connectivity index (χ2n) is 14.0. The van der Waals surface area contributed by atoms with Gasteiger partial charge in [-0.1, -0.05) is 23.7 Å². The SMILES string of the molecule is Cn1cc(C#CC(C)(C)C)c(-c2cc([N+](=O)[O-])ccc2N2CCN(c3ccc([N+](=O)[O-])cc3-c3nn(C)cc3C#CC(C)(C)C)CC2)n1. The molecule has 0 spiro atoms. The third kappa shape index (κ3) is 7.67. The van der Waals surface area contributed by atoms with Crippen LogP contribution in [0.3, 0.4) is 0 Å². The predicted octanol–water partition coefficient (Wildman–Crippen LogP) is 6.43. The summed E-state index contributed by atoms with van der Waals surface area (Å²) >= 11 is 0. The van der Waals surface area contributed by atoms with Crippen molar-refractivity contribution in [2.45, 2.75) is 41.5 Å². The summed E-state index contributed by atoms with van der Waals surface area (Å²) in [5.74, 6) is 13.0. The highest BCUT2D eigenvalue weighted by molar-refractivity contribution is 5.84. The van der Waals surface area contributed by atoms with Gasteiger partial charge in [0.25, 0.3) is 11.4 Å². The minimum atomic E-state index is -0.400. The number of non-ortho nitro benzene ring substituents is 2. The van der Waals surface area contributed by atoms with E-state index in [1.54, 1.807) is 33.6 Å². The fourth-order valence-corrected chi connectivity index (χ4v) is 5.46. The predicted molar refractivity (Wildman–Crippen MR) is 188 cm³/mol. The number of hydrogen-bond donors (Lipinski definition) is 0. The Labute approximate surface area is 280 Å². The fraction of sp³-hybridized carbons (Fsp3) is 0.389. The van der Waals surface area contributed by atoms with Gasteiger partial charge in [0.2, 0.25) is 0 Å². The molecule has 0 radical (unpaired) electrons. The molecular formula is C36H40N8O4. The largest absolute Gasteiger partial charge is 0.367 e. The first-order valence-electron chi connectivity index (χ1n) is 15.7. The molecule has 248 valence electrons. The van der Waals surface area contributed by atoms with Crippen LogP contribution in [0.15, 0.2) is 48.8 Å². The molecule has 5 rings (SSSR count). The number of anilines is 2. The molecule has 0 saturated carbocycles. The lowest BCUT2D eigenvalue weighted by molar-refractivity contribution is -0.385. The highest BCUT2D eigenvalue weighted by Crippen LogP contribution is 2.38. The molecule has 4 aromatic rings. The molecule has 12 heteroatoms. The number of aryl methyl sites for hydroxylation is 2. The number of rotatable bonds is 6. The zero-order chi connectivity index (χ0) is 35.0. The Morgan fingerprint density at radius 3 is 1.31 bits per heavy atom. The molecule has 0 aliphatic carbocycles. The van der Waals surface area contributed by atoms with Crippen molar-refractivity contribution in [3.8, 4) is 46.2 Å². The van der Waals surface area contributed by atoms with Crippen LogP contribution in [0.4, 0.5) is 22.7 Å². The van der Waals surface area contributed by atoms with E-state index in [4.69, 9.17) is 0 Å². The smallest absolute Gasteiger partial charge is 0.270 e. The van der Waals surface area contributed by atoms with Gasteiger partial charge in [-0.3, -0.25) is 29.6 Å². The van der Waals surface area contributed by atoms with Crippen LogP contribution in [0, 0.1) is 54.7 Å². The number of nitrogens with zero attached hydrogens (tertiary/aromatic N) is 8. The topological polar surface area (TPSA) is 128 Å². The van der Waals surface area contributed by atoms with Gasteiger partial charge in [-0.05, 0) is 53.7 Å². The van der Waals surface area contributed by atoms with E-state index in [0.717, 1.165) is 11.4 Å². The number of piperazine rings is 1. The van der Waals surface area contributed by atoms with Gasteiger partial charge in [-0.15, -0.1) is 0 Å². The van der Waals surface area contributed by atoms with E-state index in [1.807, 2.05) is 68.0 Å². The summed E-state index contributed by atoms with van der Waals surface area (Å²) in [5, 5.41) is 33.0. The van der Waals surface area contributed by atoms with Gasteiger partial charge in [0.1, 0.15) is 11.4 Å². The van der Waals surface area contributed by atoms with E-state index in [1.165, 1.54) is 12.1 Å². The van der Waals surface area contributed by atoms with E-state index in [-0.39, 0.29) is 22.2 Å². The van der Waals surface area contributed by atoms with Gasteiger partial charge < -0.3 is 9.80 Å². The van der Waals surface area contributed by atoms with Gasteiger partial charge in [0.05, 0.1) is 21.0 Å². The van der Waals surface area contributed by atoms with Crippen molar-refractivity contribution in [1.82, 2.24) is 19.6 Å². The van der Waals surface area contributed by atoms with E-state index in [2.05, 4.69) is 43.7 Å². The third-order valence-electron chi connectivity index (χ3n) is 7.66. The average molecular weight is 649 g/mol. The van der Waals surface area contributed by atoms with Crippen LogP contribution in [0.25, 0.3) is 22.5 Å². The minimum absolute atomic E-state index is 0.0241. The molecular weight excluding hydrogens is 608 g/mol. The van der Waals surface area contributed by atoms with Crippen molar-refractivity contribution in [3.63, 3.8) is 0 Å². The fourth-order valence-electron chi connectivity index (χ4n) is 5.46.